The first-order valence-electron chi connectivity index (χ1n) is 13.1. The zero-order valence-electron chi connectivity index (χ0n) is 23.0. The summed E-state index contributed by atoms with van der Waals surface area (Å²) in [6, 6.07) is 6.26. The molecule has 0 unspecified atom stereocenters. The fraction of sp³-hybridized carbons (Fsp3) is 0.357. The summed E-state index contributed by atoms with van der Waals surface area (Å²) < 4.78 is 54.9. The van der Waals surface area contributed by atoms with Gasteiger partial charge in [-0.1, -0.05) is 6.92 Å². The minimum absolute atomic E-state index is 0.0221. The molecule has 3 heterocycles. The molecule has 0 saturated heterocycles. The van der Waals surface area contributed by atoms with E-state index in [2.05, 4.69) is 27.3 Å². The second-order valence-electron chi connectivity index (χ2n) is 10.7. The molecule has 4 aromatic rings. The molecule has 216 valence electrons. The lowest BCUT2D eigenvalue weighted by Crippen LogP contribution is -2.54. The van der Waals surface area contributed by atoms with Gasteiger partial charge in [0.05, 0.1) is 39.8 Å². The van der Waals surface area contributed by atoms with Crippen LogP contribution in [0.3, 0.4) is 0 Å². The highest BCUT2D eigenvalue weighted by atomic mass is 32.2. The smallest absolute Gasteiger partial charge is 0.229 e. The Bertz CT molecular complexity index is 1710. The van der Waals surface area contributed by atoms with Crippen molar-refractivity contribution in [1.82, 2.24) is 24.5 Å². The second kappa shape index (κ2) is 10.8. The minimum Gasteiger partial charge on any atom is -0.341 e. The Hall–Kier alpha value is -3.97. The van der Waals surface area contributed by atoms with Crippen molar-refractivity contribution in [3.63, 3.8) is 0 Å². The van der Waals surface area contributed by atoms with Gasteiger partial charge in [0.2, 0.25) is 11.9 Å². The second-order valence-corrected chi connectivity index (χ2v) is 12.7. The number of likely N-dealkylation sites (N-methyl/N-ethyl adjacent to an activating group) is 1. The Kier molecular flexibility index (Phi) is 7.51. The van der Waals surface area contributed by atoms with Crippen molar-refractivity contribution in [2.75, 3.05) is 18.6 Å². The normalized spacial score (nSPS) is 21.1. The number of pyridine rings is 1. The number of anilines is 2. The molecular weight excluding hydrogens is 552 g/mol. The fourth-order valence-electron chi connectivity index (χ4n) is 5.80. The van der Waals surface area contributed by atoms with Crippen LogP contribution in [0.1, 0.15) is 38.2 Å². The molecule has 0 bridgehead atoms. The number of amides is 1. The summed E-state index contributed by atoms with van der Waals surface area (Å²) in [5, 5.41) is 7.68. The van der Waals surface area contributed by atoms with Crippen LogP contribution in [0.2, 0.25) is 0 Å². The molecule has 1 amide bonds. The molecule has 1 aliphatic rings. The first kappa shape index (κ1) is 28.6. The van der Waals surface area contributed by atoms with Crippen LogP contribution in [-0.2, 0) is 14.6 Å². The molecule has 5 rings (SSSR count). The average Bonchev–Trinajstić information content (AvgIpc) is 3.29. The van der Waals surface area contributed by atoms with Crippen molar-refractivity contribution in [2.24, 2.45) is 11.7 Å². The van der Waals surface area contributed by atoms with Crippen molar-refractivity contribution in [3.8, 4) is 11.3 Å². The molecule has 0 spiro atoms. The van der Waals surface area contributed by atoms with Gasteiger partial charge in [-0.05, 0) is 60.6 Å². The Balaban J connectivity index is 1.47. The lowest BCUT2D eigenvalue weighted by molar-refractivity contribution is -0.131. The predicted octanol–water partition coefficient (Wildman–Crippen LogP) is 3.90. The highest BCUT2D eigenvalue weighted by Crippen LogP contribution is 2.40. The van der Waals surface area contributed by atoms with Crippen LogP contribution in [0, 0.1) is 17.6 Å². The number of aromatic nitrogens is 4. The monoisotopic (exact) mass is 583 g/mol. The number of nitrogens with zero attached hydrogens (tertiary/aromatic N) is 5. The summed E-state index contributed by atoms with van der Waals surface area (Å²) in [6.45, 7) is 3.64. The molecule has 41 heavy (non-hydrogen) atoms. The average molecular weight is 584 g/mol. The van der Waals surface area contributed by atoms with Gasteiger partial charge in [0.1, 0.15) is 11.6 Å². The maximum Gasteiger partial charge on any atom is 0.229 e. The topological polar surface area (TPSA) is 136 Å². The molecule has 0 aliphatic heterocycles. The Labute approximate surface area is 236 Å². The molecule has 3 N–H and O–H groups in total. The lowest BCUT2D eigenvalue weighted by Gasteiger charge is -2.43. The maximum atomic E-state index is 14.9. The standard InChI is InChI=1S/C28H31F2N7O3S/c1-15-9-17(10-23(31)27(15)36(3)16(2)38)20-7-8-32-14-25(20)34-28-33-13-18-5-6-24(35-37(18)28)26-21(29)11-19(12-22(26)30)41(4,39)40/h5-8,11-15,17,23,27H,9-10,31H2,1-4H3,(H,33,34)/t15-,17+,23+,27-/m0/s1. The van der Waals surface area contributed by atoms with E-state index >= 15 is 0 Å². The van der Waals surface area contributed by atoms with E-state index < -0.39 is 31.9 Å². The first-order valence-corrected chi connectivity index (χ1v) is 15.0. The van der Waals surface area contributed by atoms with Crippen molar-refractivity contribution < 1.29 is 22.0 Å². The van der Waals surface area contributed by atoms with E-state index in [4.69, 9.17) is 5.73 Å². The van der Waals surface area contributed by atoms with Gasteiger partial charge in [-0.2, -0.15) is 9.61 Å². The van der Waals surface area contributed by atoms with Crippen LogP contribution in [0.15, 0.2) is 53.8 Å². The number of sulfone groups is 1. The Morgan fingerprint density at radius 3 is 2.49 bits per heavy atom. The highest BCUT2D eigenvalue weighted by Gasteiger charge is 2.38. The van der Waals surface area contributed by atoms with Crippen LogP contribution in [0.5, 0.6) is 0 Å². The molecule has 13 heteroatoms. The van der Waals surface area contributed by atoms with Crippen LogP contribution < -0.4 is 11.1 Å². The zero-order chi connectivity index (χ0) is 29.6. The zero-order valence-corrected chi connectivity index (χ0v) is 23.9. The van der Waals surface area contributed by atoms with E-state index in [9.17, 15) is 22.0 Å². The third kappa shape index (κ3) is 5.51. The Morgan fingerprint density at radius 2 is 1.85 bits per heavy atom. The van der Waals surface area contributed by atoms with E-state index in [0.29, 0.717) is 23.6 Å². The predicted molar refractivity (Wildman–Crippen MR) is 150 cm³/mol. The number of fused-ring (bicyclic) bond motifs is 1. The van der Waals surface area contributed by atoms with E-state index in [1.54, 1.807) is 36.6 Å². The molecule has 1 fully saturated rings. The molecule has 0 radical (unpaired) electrons. The number of carbonyl (C=O) groups is 1. The largest absolute Gasteiger partial charge is 0.341 e. The number of nitrogens with two attached hydrogens (primary N) is 1. The quantitative estimate of drug-likeness (QED) is 0.349. The summed E-state index contributed by atoms with van der Waals surface area (Å²) in [4.78, 5) is 21.9. The number of imidazole rings is 1. The summed E-state index contributed by atoms with van der Waals surface area (Å²) >= 11 is 0. The van der Waals surface area contributed by atoms with Gasteiger partial charge in [-0.15, -0.1) is 0 Å². The maximum absolute atomic E-state index is 14.9. The number of halogens is 2. The van der Waals surface area contributed by atoms with Crippen LogP contribution in [-0.4, -0.2) is 64.2 Å². The van der Waals surface area contributed by atoms with Gasteiger partial charge in [-0.3, -0.25) is 9.78 Å². The highest BCUT2D eigenvalue weighted by molar-refractivity contribution is 7.90. The van der Waals surface area contributed by atoms with Gasteiger partial charge in [0.25, 0.3) is 0 Å². The van der Waals surface area contributed by atoms with Gasteiger partial charge in [0, 0.05) is 38.5 Å². The minimum atomic E-state index is -3.80. The van der Waals surface area contributed by atoms with Crippen molar-refractivity contribution >= 4 is 32.9 Å². The van der Waals surface area contributed by atoms with Gasteiger partial charge >= 0.3 is 0 Å². The number of benzene rings is 1. The van der Waals surface area contributed by atoms with E-state index in [1.807, 2.05) is 6.07 Å². The van der Waals surface area contributed by atoms with Crippen molar-refractivity contribution in [1.29, 1.82) is 0 Å². The van der Waals surface area contributed by atoms with E-state index in [-0.39, 0.29) is 35.5 Å². The Morgan fingerprint density at radius 1 is 1.15 bits per heavy atom. The summed E-state index contributed by atoms with van der Waals surface area (Å²) in [5.74, 6) is -1.56. The number of hydrogen-bond donors (Lipinski definition) is 2. The molecule has 1 aliphatic carbocycles. The molecule has 4 atom stereocenters. The molecule has 1 aromatic carbocycles. The SMILES string of the molecule is CC(=O)N(C)[C@@H]1[C@H](N)C[C@H](c2ccncc2Nc2ncc3ccc(-c4c(F)cc(S(C)(=O)=O)cc4F)nn23)C[C@@H]1C. The number of nitrogens with one attached hydrogen (secondary N) is 1. The van der Waals surface area contributed by atoms with Crippen LogP contribution >= 0.6 is 0 Å². The third-order valence-electron chi connectivity index (χ3n) is 7.80. The number of hydrogen-bond acceptors (Lipinski definition) is 8. The van der Waals surface area contributed by atoms with Crippen molar-refractivity contribution in [2.45, 2.75) is 49.6 Å². The van der Waals surface area contributed by atoms with Gasteiger partial charge in [0.15, 0.2) is 9.84 Å². The van der Waals surface area contributed by atoms with Crippen LogP contribution in [0.25, 0.3) is 16.8 Å². The van der Waals surface area contributed by atoms with Gasteiger partial charge < -0.3 is 16.0 Å². The fourth-order valence-corrected chi connectivity index (χ4v) is 6.44. The summed E-state index contributed by atoms with van der Waals surface area (Å²) in [7, 11) is -2.02. The molecule has 10 nitrogen and oxygen atoms in total. The van der Waals surface area contributed by atoms with E-state index in [1.165, 1.54) is 17.5 Å². The summed E-state index contributed by atoms with van der Waals surface area (Å²) in [5.41, 5.74) is 8.32. The van der Waals surface area contributed by atoms with Crippen LogP contribution in [0.4, 0.5) is 20.4 Å². The van der Waals surface area contributed by atoms with Crippen molar-refractivity contribution in [3.05, 3.63) is 66.1 Å². The van der Waals surface area contributed by atoms with Gasteiger partial charge in [-0.25, -0.2) is 22.2 Å². The number of carbonyl (C=O) groups excluding carboxylic acids is 1. The van der Waals surface area contributed by atoms with E-state index in [0.717, 1.165) is 30.4 Å². The third-order valence-corrected chi connectivity index (χ3v) is 8.90. The molecule has 3 aromatic heterocycles. The summed E-state index contributed by atoms with van der Waals surface area (Å²) in [6.07, 6.45) is 7.30. The lowest BCUT2D eigenvalue weighted by atomic mass is 9.73. The first-order chi connectivity index (χ1) is 19.3. The number of rotatable bonds is 6. The molecule has 1 saturated carbocycles. The molecular formula is C28H31F2N7O3S.